The number of fused-ring (bicyclic) bond motifs is 1. The Labute approximate surface area is 115 Å². The normalized spacial score (nSPS) is 17.6. The van der Waals surface area contributed by atoms with Gasteiger partial charge in [-0.25, -0.2) is 9.97 Å². The van der Waals surface area contributed by atoms with Gasteiger partial charge in [0.15, 0.2) is 0 Å². The van der Waals surface area contributed by atoms with Crippen molar-refractivity contribution in [3.05, 3.63) is 51.8 Å². The van der Waals surface area contributed by atoms with Gasteiger partial charge in [-0.05, 0) is 30.0 Å². The second-order valence-electron chi connectivity index (χ2n) is 4.26. The van der Waals surface area contributed by atoms with Crippen molar-refractivity contribution in [2.45, 2.75) is 18.9 Å². The van der Waals surface area contributed by atoms with E-state index in [4.69, 9.17) is 23.2 Å². The SMILES string of the molecule is Clc1ccc2c(c1Cl)CC(Nc1nc[c]cn1)C2. The van der Waals surface area contributed by atoms with Crippen LogP contribution in [-0.4, -0.2) is 16.0 Å². The minimum atomic E-state index is 0.262. The molecule has 1 aliphatic carbocycles. The van der Waals surface area contributed by atoms with Crippen molar-refractivity contribution in [1.82, 2.24) is 9.97 Å². The number of hydrogen-bond donors (Lipinski definition) is 1. The monoisotopic (exact) mass is 278 g/mol. The molecule has 1 aromatic carbocycles. The summed E-state index contributed by atoms with van der Waals surface area (Å²) >= 11 is 12.2. The molecule has 1 aromatic heterocycles. The molecule has 3 nitrogen and oxygen atoms in total. The van der Waals surface area contributed by atoms with Crippen LogP contribution in [0, 0.1) is 6.07 Å². The zero-order valence-corrected chi connectivity index (χ0v) is 11.0. The zero-order chi connectivity index (χ0) is 12.5. The molecule has 91 valence electrons. The third-order valence-corrected chi connectivity index (χ3v) is 3.91. The number of nitrogens with one attached hydrogen (secondary N) is 1. The number of rotatable bonds is 2. The fraction of sp³-hybridized carbons (Fsp3) is 0.231. The van der Waals surface area contributed by atoms with Gasteiger partial charge in [0.05, 0.1) is 10.0 Å². The quantitative estimate of drug-likeness (QED) is 0.917. The van der Waals surface area contributed by atoms with Crippen LogP contribution in [0.15, 0.2) is 24.5 Å². The summed E-state index contributed by atoms with van der Waals surface area (Å²) in [6.45, 7) is 0. The maximum Gasteiger partial charge on any atom is 0.222 e. The second-order valence-corrected chi connectivity index (χ2v) is 5.04. The van der Waals surface area contributed by atoms with Crippen molar-refractivity contribution < 1.29 is 0 Å². The van der Waals surface area contributed by atoms with Crippen molar-refractivity contribution in [2.24, 2.45) is 0 Å². The van der Waals surface area contributed by atoms with Crippen LogP contribution >= 0.6 is 23.2 Å². The Morgan fingerprint density at radius 3 is 2.72 bits per heavy atom. The predicted octanol–water partition coefficient (Wildman–Crippen LogP) is 3.16. The van der Waals surface area contributed by atoms with E-state index in [-0.39, 0.29) is 6.04 Å². The molecule has 5 heteroatoms. The Kier molecular flexibility index (Phi) is 3.10. The zero-order valence-electron chi connectivity index (χ0n) is 9.45. The molecule has 0 aliphatic heterocycles. The summed E-state index contributed by atoms with van der Waals surface area (Å²) in [7, 11) is 0. The summed E-state index contributed by atoms with van der Waals surface area (Å²) in [4.78, 5) is 8.22. The fourth-order valence-electron chi connectivity index (χ4n) is 2.25. The van der Waals surface area contributed by atoms with E-state index in [1.54, 1.807) is 12.4 Å². The lowest BCUT2D eigenvalue weighted by atomic mass is 10.1. The van der Waals surface area contributed by atoms with Gasteiger partial charge in [-0.1, -0.05) is 29.3 Å². The molecule has 0 fully saturated rings. The molecule has 18 heavy (non-hydrogen) atoms. The standard InChI is InChI=1S/C13H10Cl2N3/c14-11-3-2-8-6-9(7-10(8)12(11)15)18-13-16-4-1-5-17-13/h2-5,9H,6-7H2,(H,16,17,18). The van der Waals surface area contributed by atoms with Crippen LogP contribution in [0.1, 0.15) is 11.1 Å². The molecular formula is C13H10Cl2N3. The summed E-state index contributed by atoms with van der Waals surface area (Å²) in [5.41, 5.74) is 2.37. The van der Waals surface area contributed by atoms with E-state index < -0.39 is 0 Å². The van der Waals surface area contributed by atoms with Gasteiger partial charge in [0, 0.05) is 24.5 Å². The smallest absolute Gasteiger partial charge is 0.222 e. The van der Waals surface area contributed by atoms with E-state index >= 15 is 0 Å². The van der Waals surface area contributed by atoms with Crippen LogP contribution in [0.2, 0.25) is 10.0 Å². The molecular weight excluding hydrogens is 269 g/mol. The molecule has 1 radical (unpaired) electrons. The first kappa shape index (κ1) is 11.8. The first-order valence-electron chi connectivity index (χ1n) is 5.64. The van der Waals surface area contributed by atoms with Crippen LogP contribution in [0.5, 0.6) is 0 Å². The van der Waals surface area contributed by atoms with Gasteiger partial charge in [-0.2, -0.15) is 0 Å². The Bertz CT molecular complexity index is 572. The summed E-state index contributed by atoms with van der Waals surface area (Å²) < 4.78 is 0. The lowest BCUT2D eigenvalue weighted by molar-refractivity contribution is 0.761. The maximum atomic E-state index is 6.21. The number of benzene rings is 1. The van der Waals surface area contributed by atoms with Crippen LogP contribution in [0.3, 0.4) is 0 Å². The van der Waals surface area contributed by atoms with Crippen LogP contribution in [0.25, 0.3) is 0 Å². The third-order valence-electron chi connectivity index (χ3n) is 3.07. The van der Waals surface area contributed by atoms with Crippen molar-refractivity contribution in [3.8, 4) is 0 Å². The average Bonchev–Trinajstić information content (AvgIpc) is 2.79. The van der Waals surface area contributed by atoms with E-state index in [9.17, 15) is 0 Å². The average molecular weight is 279 g/mol. The molecule has 1 unspecified atom stereocenters. The Hall–Kier alpha value is -1.32. The molecule has 1 heterocycles. The van der Waals surface area contributed by atoms with Crippen molar-refractivity contribution in [3.63, 3.8) is 0 Å². The lowest BCUT2D eigenvalue weighted by Crippen LogP contribution is -2.20. The van der Waals surface area contributed by atoms with E-state index in [1.807, 2.05) is 12.1 Å². The molecule has 0 spiro atoms. The van der Waals surface area contributed by atoms with Gasteiger partial charge in [-0.3, -0.25) is 0 Å². The molecule has 0 saturated heterocycles. The topological polar surface area (TPSA) is 37.8 Å². The fourth-order valence-corrected chi connectivity index (χ4v) is 2.69. The summed E-state index contributed by atoms with van der Waals surface area (Å²) in [6.07, 6.45) is 4.95. The molecule has 1 atom stereocenters. The molecule has 0 bridgehead atoms. The Morgan fingerprint density at radius 2 is 1.94 bits per heavy atom. The maximum absolute atomic E-state index is 6.21. The minimum absolute atomic E-state index is 0.262. The predicted molar refractivity (Wildman–Crippen MR) is 72.1 cm³/mol. The van der Waals surface area contributed by atoms with Gasteiger partial charge >= 0.3 is 0 Å². The van der Waals surface area contributed by atoms with Gasteiger partial charge in [0.2, 0.25) is 5.95 Å². The minimum Gasteiger partial charge on any atom is -0.351 e. The molecule has 1 N–H and O–H groups in total. The second kappa shape index (κ2) is 4.75. The van der Waals surface area contributed by atoms with E-state index in [0.717, 1.165) is 18.4 Å². The summed E-state index contributed by atoms with van der Waals surface area (Å²) in [6, 6.07) is 6.93. The van der Waals surface area contributed by atoms with Gasteiger partial charge in [0.25, 0.3) is 0 Å². The van der Waals surface area contributed by atoms with Crippen molar-refractivity contribution in [2.75, 3.05) is 5.32 Å². The summed E-state index contributed by atoms with van der Waals surface area (Å²) in [5.74, 6) is 0.619. The third kappa shape index (κ3) is 2.16. The molecule has 1 aliphatic rings. The van der Waals surface area contributed by atoms with Crippen molar-refractivity contribution in [1.29, 1.82) is 0 Å². The summed E-state index contributed by atoms with van der Waals surface area (Å²) in [5, 5.41) is 4.57. The van der Waals surface area contributed by atoms with E-state index in [0.29, 0.717) is 16.0 Å². The number of nitrogens with zero attached hydrogens (tertiary/aromatic N) is 2. The van der Waals surface area contributed by atoms with Crippen LogP contribution in [0.4, 0.5) is 5.95 Å². The first-order chi connectivity index (χ1) is 8.74. The van der Waals surface area contributed by atoms with E-state index in [2.05, 4.69) is 21.4 Å². The molecule has 0 amide bonds. The first-order valence-corrected chi connectivity index (χ1v) is 6.40. The van der Waals surface area contributed by atoms with Gasteiger partial charge in [-0.15, -0.1) is 0 Å². The largest absolute Gasteiger partial charge is 0.351 e. The highest BCUT2D eigenvalue weighted by Gasteiger charge is 2.24. The lowest BCUT2D eigenvalue weighted by Gasteiger charge is -2.10. The highest BCUT2D eigenvalue weighted by molar-refractivity contribution is 6.42. The highest BCUT2D eigenvalue weighted by Crippen LogP contribution is 2.34. The Morgan fingerprint density at radius 1 is 1.17 bits per heavy atom. The van der Waals surface area contributed by atoms with Gasteiger partial charge in [0.1, 0.15) is 0 Å². The van der Waals surface area contributed by atoms with E-state index in [1.165, 1.54) is 5.56 Å². The highest BCUT2D eigenvalue weighted by atomic mass is 35.5. The van der Waals surface area contributed by atoms with Gasteiger partial charge < -0.3 is 5.32 Å². The number of hydrogen-bond acceptors (Lipinski definition) is 3. The molecule has 2 aromatic rings. The Balaban J connectivity index is 1.79. The number of anilines is 1. The number of halogens is 2. The number of aromatic nitrogens is 2. The van der Waals surface area contributed by atoms with Crippen LogP contribution < -0.4 is 5.32 Å². The van der Waals surface area contributed by atoms with Crippen LogP contribution in [-0.2, 0) is 12.8 Å². The van der Waals surface area contributed by atoms with Crippen molar-refractivity contribution >= 4 is 29.2 Å². The molecule has 3 rings (SSSR count). The molecule has 0 saturated carbocycles.